The molecule has 1 fully saturated rings. The van der Waals surface area contributed by atoms with Crippen LogP contribution in [-0.2, 0) is 3.79 Å². The molecule has 3 heteroatoms. The van der Waals surface area contributed by atoms with Crippen molar-refractivity contribution < 1.29 is 3.79 Å². The Kier molecular flexibility index (Phi) is 6.40. The first-order valence-corrected chi connectivity index (χ1v) is 9.90. The van der Waals surface area contributed by atoms with E-state index in [2.05, 4.69) is 49.1 Å². The molecule has 0 spiro atoms. The van der Waals surface area contributed by atoms with Gasteiger partial charge in [0.25, 0.3) is 0 Å². The Morgan fingerprint density at radius 2 is 1.68 bits per heavy atom. The monoisotopic (exact) mass is 275 g/mol. The van der Waals surface area contributed by atoms with Crippen LogP contribution in [0.2, 0.25) is 10.6 Å². The SMILES string of the molecule is C[CH2][Al-]([CH2]C)[O]C(c1ccccc1)N1CCCCC1. The molecule has 1 aliphatic rings. The topological polar surface area (TPSA) is 12.5 Å². The van der Waals surface area contributed by atoms with Crippen molar-refractivity contribution in [1.29, 1.82) is 0 Å². The van der Waals surface area contributed by atoms with Crippen molar-refractivity contribution in [2.24, 2.45) is 0 Å². The van der Waals surface area contributed by atoms with Gasteiger partial charge in [0.1, 0.15) is 14.5 Å². The minimum atomic E-state index is -1.03. The predicted molar refractivity (Wildman–Crippen MR) is 82.4 cm³/mol. The van der Waals surface area contributed by atoms with Crippen LogP contribution in [0.1, 0.15) is 44.9 Å². The molecule has 105 valence electrons. The van der Waals surface area contributed by atoms with Gasteiger partial charge in [-0.05, 0) is 18.4 Å². The molecule has 1 heterocycles. The Morgan fingerprint density at radius 1 is 1.05 bits per heavy atom. The molecule has 2 nitrogen and oxygen atoms in total. The molecule has 0 amide bonds. The van der Waals surface area contributed by atoms with Gasteiger partial charge in [-0.25, -0.2) is 0 Å². The smallest absolute Gasteiger partial charge is 0.137 e. The van der Waals surface area contributed by atoms with Gasteiger partial charge in [-0.3, -0.25) is 4.90 Å². The second-order valence-electron chi connectivity index (χ2n) is 5.43. The van der Waals surface area contributed by atoms with Gasteiger partial charge < -0.3 is 3.79 Å². The number of nitrogens with zero attached hydrogens (tertiary/aromatic N) is 1. The van der Waals surface area contributed by atoms with Crippen LogP contribution >= 0.6 is 0 Å². The summed E-state index contributed by atoms with van der Waals surface area (Å²) in [6.45, 7) is 6.93. The Balaban J connectivity index is 2.12. The van der Waals surface area contributed by atoms with Gasteiger partial charge in [0, 0.05) is 13.1 Å². The van der Waals surface area contributed by atoms with Gasteiger partial charge in [-0.2, -0.15) is 10.6 Å². The number of likely N-dealkylation sites (tertiary alicyclic amines) is 1. The molecule has 0 saturated carbocycles. The van der Waals surface area contributed by atoms with Gasteiger partial charge >= 0.3 is 0 Å². The first-order chi connectivity index (χ1) is 9.35. The fourth-order valence-electron chi connectivity index (χ4n) is 2.81. The van der Waals surface area contributed by atoms with Crippen LogP contribution in [0.5, 0.6) is 0 Å². The molecular formula is C16H26AlNO-. The summed E-state index contributed by atoms with van der Waals surface area (Å²) in [7, 11) is 0. The molecule has 0 N–H and O–H groups in total. The maximum absolute atomic E-state index is 6.54. The van der Waals surface area contributed by atoms with E-state index in [0.717, 1.165) is 0 Å². The first kappa shape index (κ1) is 15.1. The molecule has 0 aliphatic carbocycles. The van der Waals surface area contributed by atoms with Crippen molar-refractivity contribution in [3.63, 3.8) is 0 Å². The summed E-state index contributed by atoms with van der Waals surface area (Å²) in [4.78, 5) is 2.55. The molecule has 1 aromatic carbocycles. The lowest BCUT2D eigenvalue weighted by Gasteiger charge is -2.42. The van der Waals surface area contributed by atoms with E-state index in [4.69, 9.17) is 3.79 Å². The van der Waals surface area contributed by atoms with E-state index < -0.39 is 14.5 Å². The average Bonchev–Trinajstić information content (AvgIpc) is 2.50. The summed E-state index contributed by atoms with van der Waals surface area (Å²) >= 11 is -1.03. The van der Waals surface area contributed by atoms with E-state index in [1.165, 1.54) is 48.5 Å². The van der Waals surface area contributed by atoms with Crippen molar-refractivity contribution in [3.8, 4) is 0 Å². The van der Waals surface area contributed by atoms with Crippen molar-refractivity contribution in [1.82, 2.24) is 4.90 Å². The van der Waals surface area contributed by atoms with E-state index in [9.17, 15) is 0 Å². The normalized spacial score (nSPS) is 18.7. The standard InChI is InChI=1S/C12H16NO.2C2H5.Al/c14-12(11-7-3-1-4-8-11)13-9-5-2-6-10-13;2*1-2;/h1,3-4,7-8,12H,2,5-6,9-10H2;2*1H2,2H3;/q-1;;;. The third kappa shape index (κ3) is 4.33. The van der Waals surface area contributed by atoms with Gasteiger partial charge in [-0.1, -0.05) is 36.8 Å². The number of hydrogen-bond donors (Lipinski definition) is 0. The molecular weight excluding hydrogens is 249 g/mol. The third-order valence-electron chi connectivity index (χ3n) is 4.04. The third-order valence-corrected chi connectivity index (χ3v) is 6.50. The van der Waals surface area contributed by atoms with Crippen LogP contribution in [0.4, 0.5) is 0 Å². The fraction of sp³-hybridized carbons (Fsp3) is 0.625. The fourth-order valence-corrected chi connectivity index (χ4v) is 4.47. The minimum Gasteiger partial charge on any atom is -0.661 e. The van der Waals surface area contributed by atoms with Crippen LogP contribution < -0.4 is 0 Å². The Bertz CT molecular complexity index is 347. The molecule has 2 rings (SSSR count). The Morgan fingerprint density at radius 3 is 2.26 bits per heavy atom. The zero-order chi connectivity index (χ0) is 13.5. The lowest BCUT2D eigenvalue weighted by Crippen LogP contribution is -2.37. The molecule has 1 aromatic rings. The summed E-state index contributed by atoms with van der Waals surface area (Å²) in [6.07, 6.45) is 4.22. The quantitative estimate of drug-likeness (QED) is 0.721. The van der Waals surface area contributed by atoms with Crippen molar-refractivity contribution in [2.75, 3.05) is 13.1 Å². The summed E-state index contributed by atoms with van der Waals surface area (Å²) in [5, 5.41) is 2.46. The lowest BCUT2D eigenvalue weighted by atomic mass is 10.1. The zero-order valence-corrected chi connectivity index (χ0v) is 13.5. The lowest BCUT2D eigenvalue weighted by molar-refractivity contribution is 0.00770. The highest BCUT2D eigenvalue weighted by atomic mass is 27.2. The van der Waals surface area contributed by atoms with Crippen LogP contribution in [0, 0.1) is 0 Å². The second-order valence-corrected chi connectivity index (χ2v) is 8.58. The van der Waals surface area contributed by atoms with Gasteiger partial charge in [0.15, 0.2) is 0 Å². The largest absolute Gasteiger partial charge is 0.661 e. The van der Waals surface area contributed by atoms with E-state index in [1.54, 1.807) is 0 Å². The molecule has 1 unspecified atom stereocenters. The number of benzene rings is 1. The average molecular weight is 275 g/mol. The summed E-state index contributed by atoms with van der Waals surface area (Å²) < 4.78 is 6.54. The summed E-state index contributed by atoms with van der Waals surface area (Å²) in [5.74, 6) is 0. The number of rotatable bonds is 6. The number of hydrogen-bond acceptors (Lipinski definition) is 2. The molecule has 1 radical (unpaired) electrons. The molecule has 0 aromatic heterocycles. The second kappa shape index (κ2) is 8.07. The van der Waals surface area contributed by atoms with Crippen LogP contribution in [0.25, 0.3) is 0 Å². The van der Waals surface area contributed by atoms with Gasteiger partial charge in [0.2, 0.25) is 0 Å². The first-order valence-electron chi connectivity index (χ1n) is 7.79. The van der Waals surface area contributed by atoms with Crippen LogP contribution in [0.15, 0.2) is 30.3 Å². The summed E-state index contributed by atoms with van der Waals surface area (Å²) in [6, 6.07) is 10.8. The van der Waals surface area contributed by atoms with E-state index in [-0.39, 0.29) is 6.23 Å². The minimum absolute atomic E-state index is 0.207. The summed E-state index contributed by atoms with van der Waals surface area (Å²) in [5.41, 5.74) is 1.34. The highest BCUT2D eigenvalue weighted by molar-refractivity contribution is 6.51. The number of piperidine rings is 1. The highest BCUT2D eigenvalue weighted by Gasteiger charge is 2.21. The maximum atomic E-state index is 6.54. The Hall–Kier alpha value is -0.328. The van der Waals surface area contributed by atoms with Crippen molar-refractivity contribution in [3.05, 3.63) is 35.9 Å². The van der Waals surface area contributed by atoms with E-state index in [1.807, 2.05) is 0 Å². The molecule has 0 bridgehead atoms. The van der Waals surface area contributed by atoms with Crippen molar-refractivity contribution in [2.45, 2.75) is 49.9 Å². The van der Waals surface area contributed by atoms with Gasteiger partial charge in [0.05, 0.1) is 6.23 Å². The molecule has 1 saturated heterocycles. The highest BCUT2D eigenvalue weighted by Crippen LogP contribution is 2.27. The Labute approximate surface area is 122 Å². The molecule has 19 heavy (non-hydrogen) atoms. The van der Waals surface area contributed by atoms with E-state index in [0.29, 0.717) is 0 Å². The predicted octanol–water partition coefficient (Wildman–Crippen LogP) is 4.22. The van der Waals surface area contributed by atoms with Crippen LogP contribution in [-0.4, -0.2) is 32.5 Å². The maximum Gasteiger partial charge on any atom is 0.137 e. The van der Waals surface area contributed by atoms with E-state index >= 15 is 0 Å². The van der Waals surface area contributed by atoms with Crippen molar-refractivity contribution >= 4 is 14.5 Å². The molecule has 1 aliphatic heterocycles. The zero-order valence-electron chi connectivity index (χ0n) is 12.3. The molecule has 1 atom stereocenters. The van der Waals surface area contributed by atoms with Crippen LogP contribution in [0.3, 0.4) is 0 Å². The van der Waals surface area contributed by atoms with Gasteiger partial charge in [-0.15, -0.1) is 13.8 Å².